The van der Waals surface area contributed by atoms with E-state index in [0.717, 1.165) is 5.56 Å². The minimum Gasteiger partial charge on any atom is -0.450 e. The van der Waals surface area contributed by atoms with Crippen LogP contribution in [0.5, 0.6) is 11.5 Å². The van der Waals surface area contributed by atoms with E-state index in [1.165, 1.54) is 18.2 Å². The summed E-state index contributed by atoms with van der Waals surface area (Å²) in [7, 11) is 0. The number of benzene rings is 2. The lowest BCUT2D eigenvalue weighted by Crippen LogP contribution is -1.97. The third-order valence-corrected chi connectivity index (χ3v) is 3.18. The van der Waals surface area contributed by atoms with Gasteiger partial charge in [0.1, 0.15) is 5.75 Å². The van der Waals surface area contributed by atoms with Gasteiger partial charge >= 0.3 is 5.69 Å². The zero-order valence-corrected chi connectivity index (χ0v) is 11.7. The number of nitrogens with two attached hydrogens (primary N) is 1. The monoisotopic (exact) mass is 312 g/mol. The third-order valence-electron chi connectivity index (χ3n) is 2.59. The second kappa shape index (κ2) is 6.09. The maximum atomic E-state index is 11.0. The molecule has 0 aliphatic carbocycles. The van der Waals surface area contributed by atoms with Gasteiger partial charge in [-0.25, -0.2) is 0 Å². The van der Waals surface area contributed by atoms with Crippen molar-refractivity contribution in [3.05, 3.63) is 62.1 Å². The van der Waals surface area contributed by atoms with Crippen molar-refractivity contribution < 1.29 is 9.66 Å². The molecule has 0 fully saturated rings. The van der Waals surface area contributed by atoms with Gasteiger partial charge in [0.05, 0.1) is 4.92 Å². The number of nitro groups is 1. The fraction of sp³-hybridized carbons (Fsp3) is 0.0769. The van der Waals surface area contributed by atoms with E-state index in [0.29, 0.717) is 17.3 Å². The summed E-state index contributed by atoms with van der Waals surface area (Å²) in [6, 6.07) is 9.09. The van der Waals surface area contributed by atoms with Gasteiger partial charge in [0.15, 0.2) is 0 Å². The summed E-state index contributed by atoms with van der Waals surface area (Å²) in [5.74, 6) is 0.480. The molecule has 0 amide bonds. The topological polar surface area (TPSA) is 78.4 Å². The fourth-order valence-electron chi connectivity index (χ4n) is 1.60. The summed E-state index contributed by atoms with van der Waals surface area (Å²) in [6.07, 6.45) is 0. The molecule has 2 aromatic rings. The smallest absolute Gasteiger partial charge is 0.313 e. The van der Waals surface area contributed by atoms with Crippen LogP contribution in [0.4, 0.5) is 5.69 Å². The zero-order chi connectivity index (χ0) is 14.7. The highest BCUT2D eigenvalue weighted by atomic mass is 35.5. The van der Waals surface area contributed by atoms with Crippen LogP contribution < -0.4 is 10.5 Å². The Morgan fingerprint density at radius 2 is 1.95 bits per heavy atom. The SMILES string of the molecule is NCc1ccc(Oc2ccc(Cl)cc2[N+](=O)[O-])cc1Cl. The van der Waals surface area contributed by atoms with Crippen LogP contribution in [0, 0.1) is 10.1 Å². The molecule has 0 spiro atoms. The molecule has 0 radical (unpaired) electrons. The lowest BCUT2D eigenvalue weighted by molar-refractivity contribution is -0.385. The van der Waals surface area contributed by atoms with Crippen LogP contribution in [0.1, 0.15) is 5.56 Å². The maximum absolute atomic E-state index is 11.0. The van der Waals surface area contributed by atoms with Crippen LogP contribution in [0.25, 0.3) is 0 Å². The Kier molecular flexibility index (Phi) is 4.44. The number of nitro benzene ring substituents is 1. The van der Waals surface area contributed by atoms with Gasteiger partial charge in [-0.2, -0.15) is 0 Å². The number of rotatable bonds is 4. The summed E-state index contributed by atoms with van der Waals surface area (Å²) in [5, 5.41) is 11.7. The van der Waals surface area contributed by atoms with Gasteiger partial charge in [0.2, 0.25) is 5.75 Å². The number of hydrogen-bond donors (Lipinski definition) is 1. The highest BCUT2D eigenvalue weighted by Crippen LogP contribution is 2.34. The van der Waals surface area contributed by atoms with Crippen LogP contribution in [-0.4, -0.2) is 4.92 Å². The Bertz CT molecular complexity index is 662. The number of ether oxygens (including phenoxy) is 1. The maximum Gasteiger partial charge on any atom is 0.313 e. The molecule has 104 valence electrons. The summed E-state index contributed by atoms with van der Waals surface area (Å²) in [5.41, 5.74) is 6.06. The van der Waals surface area contributed by atoms with Crippen molar-refractivity contribution in [2.75, 3.05) is 0 Å². The van der Waals surface area contributed by atoms with Gasteiger partial charge in [0.25, 0.3) is 0 Å². The van der Waals surface area contributed by atoms with Gasteiger partial charge in [0, 0.05) is 22.7 Å². The lowest BCUT2D eigenvalue weighted by Gasteiger charge is -2.08. The molecule has 2 aromatic carbocycles. The largest absolute Gasteiger partial charge is 0.450 e. The van der Waals surface area contributed by atoms with E-state index in [4.69, 9.17) is 33.7 Å². The predicted octanol–water partition coefficient (Wildman–Crippen LogP) is 4.15. The van der Waals surface area contributed by atoms with Crippen LogP contribution in [0.3, 0.4) is 0 Å². The predicted molar refractivity (Wildman–Crippen MR) is 77.5 cm³/mol. The van der Waals surface area contributed by atoms with Gasteiger partial charge in [-0.3, -0.25) is 10.1 Å². The Morgan fingerprint density at radius 1 is 1.20 bits per heavy atom. The second-order valence-corrected chi connectivity index (χ2v) is 4.77. The first-order chi connectivity index (χ1) is 9.51. The van der Waals surface area contributed by atoms with E-state index in [2.05, 4.69) is 0 Å². The standard InChI is InChI=1S/C13H10Cl2N2O3/c14-9-2-4-13(12(5-9)17(18)19)20-10-3-1-8(7-16)11(15)6-10/h1-6H,7,16H2. The Hall–Kier alpha value is -1.82. The van der Waals surface area contributed by atoms with Gasteiger partial charge in [-0.15, -0.1) is 0 Å². The van der Waals surface area contributed by atoms with E-state index in [1.54, 1.807) is 18.2 Å². The zero-order valence-electron chi connectivity index (χ0n) is 10.2. The van der Waals surface area contributed by atoms with Crippen molar-refractivity contribution >= 4 is 28.9 Å². The van der Waals surface area contributed by atoms with Crippen molar-refractivity contribution in [1.82, 2.24) is 0 Å². The van der Waals surface area contributed by atoms with E-state index in [-0.39, 0.29) is 16.5 Å². The third kappa shape index (κ3) is 3.19. The molecule has 0 aliphatic heterocycles. The Balaban J connectivity index is 2.35. The van der Waals surface area contributed by atoms with Crippen LogP contribution >= 0.6 is 23.2 Å². The van der Waals surface area contributed by atoms with Gasteiger partial charge < -0.3 is 10.5 Å². The molecular formula is C13H10Cl2N2O3. The highest BCUT2D eigenvalue weighted by molar-refractivity contribution is 6.31. The first kappa shape index (κ1) is 14.6. The Morgan fingerprint density at radius 3 is 2.55 bits per heavy atom. The molecule has 7 heteroatoms. The van der Waals surface area contributed by atoms with Crippen LogP contribution in [0.15, 0.2) is 36.4 Å². The van der Waals surface area contributed by atoms with E-state index < -0.39 is 4.92 Å². The quantitative estimate of drug-likeness (QED) is 0.679. The van der Waals surface area contributed by atoms with Crippen molar-refractivity contribution in [2.45, 2.75) is 6.54 Å². The molecule has 0 heterocycles. The molecule has 0 atom stereocenters. The van der Waals surface area contributed by atoms with Crippen molar-refractivity contribution in [1.29, 1.82) is 0 Å². The molecule has 0 aliphatic rings. The van der Waals surface area contributed by atoms with Crippen molar-refractivity contribution in [3.8, 4) is 11.5 Å². The molecule has 20 heavy (non-hydrogen) atoms. The minimum atomic E-state index is -0.558. The molecule has 0 bridgehead atoms. The first-order valence-corrected chi connectivity index (χ1v) is 6.37. The molecular weight excluding hydrogens is 303 g/mol. The van der Waals surface area contributed by atoms with Crippen molar-refractivity contribution in [2.24, 2.45) is 5.73 Å². The summed E-state index contributed by atoms with van der Waals surface area (Å²) >= 11 is 11.7. The van der Waals surface area contributed by atoms with Gasteiger partial charge in [-0.1, -0.05) is 29.3 Å². The molecule has 2 N–H and O–H groups in total. The molecule has 2 rings (SSSR count). The second-order valence-electron chi connectivity index (χ2n) is 3.93. The molecule has 0 saturated carbocycles. The van der Waals surface area contributed by atoms with Crippen LogP contribution in [-0.2, 0) is 6.54 Å². The summed E-state index contributed by atoms with van der Waals surface area (Å²) in [6.45, 7) is 0.306. The number of nitrogens with zero attached hydrogens (tertiary/aromatic N) is 1. The van der Waals surface area contributed by atoms with Crippen LogP contribution in [0.2, 0.25) is 10.0 Å². The van der Waals surface area contributed by atoms with E-state index >= 15 is 0 Å². The molecule has 0 aromatic heterocycles. The van der Waals surface area contributed by atoms with E-state index in [1.807, 2.05) is 0 Å². The van der Waals surface area contributed by atoms with Crippen molar-refractivity contribution in [3.63, 3.8) is 0 Å². The fourth-order valence-corrected chi connectivity index (χ4v) is 2.02. The van der Waals surface area contributed by atoms with Gasteiger partial charge in [-0.05, 0) is 29.8 Å². The average Bonchev–Trinajstić information content (AvgIpc) is 2.41. The summed E-state index contributed by atoms with van der Waals surface area (Å²) < 4.78 is 5.48. The molecule has 5 nitrogen and oxygen atoms in total. The van der Waals surface area contributed by atoms with E-state index in [9.17, 15) is 10.1 Å². The normalized spacial score (nSPS) is 10.3. The average molecular weight is 313 g/mol. The number of hydrogen-bond acceptors (Lipinski definition) is 4. The Labute approximate surface area is 125 Å². The molecule has 0 unspecified atom stereocenters. The highest BCUT2D eigenvalue weighted by Gasteiger charge is 2.16. The number of halogens is 2. The lowest BCUT2D eigenvalue weighted by atomic mass is 10.2. The molecule has 0 saturated heterocycles. The first-order valence-electron chi connectivity index (χ1n) is 5.61. The summed E-state index contributed by atoms with van der Waals surface area (Å²) in [4.78, 5) is 10.4. The minimum absolute atomic E-state index is 0.0935.